The number of hydrogen-bond acceptors (Lipinski definition) is 4. The Morgan fingerprint density at radius 3 is 2.63 bits per heavy atom. The summed E-state index contributed by atoms with van der Waals surface area (Å²) in [6, 6.07) is 0.321. The number of rotatable bonds is 3. The van der Waals surface area contributed by atoms with Crippen molar-refractivity contribution < 1.29 is 9.90 Å². The summed E-state index contributed by atoms with van der Waals surface area (Å²) in [4.78, 5) is 18.5. The van der Waals surface area contributed by atoms with E-state index in [1.807, 2.05) is 0 Å². The fraction of sp³-hybridized carbons (Fsp3) is 0.545. The van der Waals surface area contributed by atoms with Crippen LogP contribution in [0.5, 0.6) is 0 Å². The van der Waals surface area contributed by atoms with Crippen LogP contribution in [0.25, 0.3) is 0 Å². The first-order valence-electron chi connectivity index (χ1n) is 5.98. The number of anilines is 1. The SMILES string of the molecule is O=C(O)N[C@H]1CC[C@H](Nc2nc(Cl)ncc2Br)CC1. The second kappa shape index (κ2) is 6.38. The second-order valence-corrected chi connectivity index (χ2v) is 5.67. The van der Waals surface area contributed by atoms with Gasteiger partial charge in [-0.25, -0.2) is 9.78 Å². The number of nitrogens with one attached hydrogen (secondary N) is 2. The largest absolute Gasteiger partial charge is 0.465 e. The Morgan fingerprint density at radius 2 is 2.00 bits per heavy atom. The standard InChI is InChI=1S/C11H14BrClN4O2/c12-8-5-14-10(13)17-9(8)15-6-1-3-7(4-2-6)16-11(18)19/h5-7,16H,1-4H2,(H,18,19)(H,14,15,17)/t6-,7-. The Labute approximate surface area is 124 Å². The molecule has 0 atom stereocenters. The normalized spacial score (nSPS) is 22.8. The number of carboxylic acid groups (broad SMARTS) is 1. The molecule has 0 saturated heterocycles. The van der Waals surface area contributed by atoms with E-state index in [0.29, 0.717) is 5.82 Å². The number of aromatic nitrogens is 2. The number of amides is 1. The number of hydrogen-bond donors (Lipinski definition) is 3. The molecule has 1 aromatic rings. The van der Waals surface area contributed by atoms with Crippen molar-refractivity contribution in [1.82, 2.24) is 15.3 Å². The van der Waals surface area contributed by atoms with E-state index in [-0.39, 0.29) is 17.4 Å². The Kier molecular flexibility index (Phi) is 4.81. The number of halogens is 2. The van der Waals surface area contributed by atoms with Crippen molar-refractivity contribution >= 4 is 39.4 Å². The van der Waals surface area contributed by atoms with Crippen LogP contribution in [0.1, 0.15) is 25.7 Å². The van der Waals surface area contributed by atoms with Gasteiger partial charge in [0.15, 0.2) is 0 Å². The molecule has 0 bridgehead atoms. The van der Waals surface area contributed by atoms with Gasteiger partial charge in [-0.2, -0.15) is 4.98 Å². The highest BCUT2D eigenvalue weighted by Gasteiger charge is 2.23. The Bertz CT molecular complexity index is 466. The van der Waals surface area contributed by atoms with Crippen LogP contribution in [0.2, 0.25) is 5.28 Å². The van der Waals surface area contributed by atoms with Crippen molar-refractivity contribution in [3.8, 4) is 0 Å². The molecular formula is C11H14BrClN4O2. The topological polar surface area (TPSA) is 87.1 Å². The summed E-state index contributed by atoms with van der Waals surface area (Å²) in [6.45, 7) is 0. The molecule has 0 radical (unpaired) electrons. The monoisotopic (exact) mass is 348 g/mol. The lowest BCUT2D eigenvalue weighted by atomic mass is 9.91. The third-order valence-electron chi connectivity index (χ3n) is 3.11. The molecule has 1 aliphatic rings. The maximum atomic E-state index is 10.6. The van der Waals surface area contributed by atoms with Gasteiger partial charge in [0.05, 0.1) is 4.47 Å². The van der Waals surface area contributed by atoms with Crippen molar-refractivity contribution in [2.45, 2.75) is 37.8 Å². The van der Waals surface area contributed by atoms with Gasteiger partial charge < -0.3 is 15.7 Å². The highest BCUT2D eigenvalue weighted by atomic mass is 79.9. The molecule has 1 saturated carbocycles. The zero-order chi connectivity index (χ0) is 13.8. The summed E-state index contributed by atoms with van der Waals surface area (Å²) in [5, 5.41) is 14.7. The molecule has 19 heavy (non-hydrogen) atoms. The minimum absolute atomic E-state index is 0.0491. The highest BCUT2D eigenvalue weighted by molar-refractivity contribution is 9.10. The van der Waals surface area contributed by atoms with Crippen LogP contribution in [0.15, 0.2) is 10.7 Å². The molecule has 1 aromatic heterocycles. The van der Waals surface area contributed by atoms with Crippen LogP contribution < -0.4 is 10.6 Å². The van der Waals surface area contributed by atoms with Crippen LogP contribution >= 0.6 is 27.5 Å². The maximum absolute atomic E-state index is 10.6. The van der Waals surface area contributed by atoms with Gasteiger partial charge in [0.1, 0.15) is 5.82 Å². The van der Waals surface area contributed by atoms with Gasteiger partial charge in [-0.05, 0) is 53.2 Å². The predicted octanol–water partition coefficient (Wildman–Crippen LogP) is 2.88. The van der Waals surface area contributed by atoms with Gasteiger partial charge in [0, 0.05) is 18.3 Å². The summed E-state index contributed by atoms with van der Waals surface area (Å²) in [5.74, 6) is 0.676. The highest BCUT2D eigenvalue weighted by Crippen LogP contribution is 2.26. The van der Waals surface area contributed by atoms with E-state index < -0.39 is 6.09 Å². The molecule has 0 spiro atoms. The van der Waals surface area contributed by atoms with Crippen molar-refractivity contribution in [2.24, 2.45) is 0 Å². The summed E-state index contributed by atoms with van der Waals surface area (Å²) in [7, 11) is 0. The molecule has 0 aliphatic heterocycles. The molecular weight excluding hydrogens is 336 g/mol. The quantitative estimate of drug-likeness (QED) is 0.730. The Hall–Kier alpha value is -1.08. The first-order valence-corrected chi connectivity index (χ1v) is 7.15. The molecule has 2 rings (SSSR count). The molecule has 8 heteroatoms. The van der Waals surface area contributed by atoms with Crippen LogP contribution in [0.4, 0.5) is 10.6 Å². The molecule has 104 valence electrons. The molecule has 3 N–H and O–H groups in total. The predicted molar refractivity (Wildman–Crippen MR) is 75.6 cm³/mol. The Balaban J connectivity index is 1.88. The molecule has 1 heterocycles. The maximum Gasteiger partial charge on any atom is 0.404 e. The van der Waals surface area contributed by atoms with Gasteiger partial charge in [-0.1, -0.05) is 0 Å². The minimum Gasteiger partial charge on any atom is -0.465 e. The van der Waals surface area contributed by atoms with E-state index in [1.165, 1.54) is 0 Å². The van der Waals surface area contributed by atoms with Crippen LogP contribution in [-0.4, -0.2) is 33.3 Å². The van der Waals surface area contributed by atoms with E-state index in [2.05, 4.69) is 36.5 Å². The van der Waals surface area contributed by atoms with Crippen molar-refractivity contribution in [1.29, 1.82) is 0 Å². The van der Waals surface area contributed by atoms with Crippen molar-refractivity contribution in [3.63, 3.8) is 0 Å². The third kappa shape index (κ3) is 4.21. The molecule has 1 amide bonds. The summed E-state index contributed by atoms with van der Waals surface area (Å²) >= 11 is 9.12. The van der Waals surface area contributed by atoms with Crippen LogP contribution in [0.3, 0.4) is 0 Å². The molecule has 1 fully saturated rings. The zero-order valence-corrected chi connectivity index (χ0v) is 12.4. The fourth-order valence-electron chi connectivity index (χ4n) is 2.20. The molecule has 1 aliphatic carbocycles. The second-order valence-electron chi connectivity index (χ2n) is 4.48. The van der Waals surface area contributed by atoms with E-state index in [1.54, 1.807) is 6.20 Å². The lowest BCUT2D eigenvalue weighted by Crippen LogP contribution is -2.39. The van der Waals surface area contributed by atoms with Crippen LogP contribution in [0, 0.1) is 0 Å². The molecule has 0 aromatic carbocycles. The average molecular weight is 350 g/mol. The van der Waals surface area contributed by atoms with Gasteiger partial charge in [0.25, 0.3) is 0 Å². The van der Waals surface area contributed by atoms with Gasteiger partial charge in [-0.3, -0.25) is 0 Å². The fourth-order valence-corrected chi connectivity index (χ4v) is 2.64. The zero-order valence-electron chi connectivity index (χ0n) is 10.1. The lowest BCUT2D eigenvalue weighted by Gasteiger charge is -2.29. The van der Waals surface area contributed by atoms with E-state index in [4.69, 9.17) is 16.7 Å². The van der Waals surface area contributed by atoms with Crippen molar-refractivity contribution in [2.75, 3.05) is 5.32 Å². The average Bonchev–Trinajstić information content (AvgIpc) is 2.35. The van der Waals surface area contributed by atoms with E-state index >= 15 is 0 Å². The first-order chi connectivity index (χ1) is 9.04. The molecule has 6 nitrogen and oxygen atoms in total. The third-order valence-corrected chi connectivity index (χ3v) is 3.87. The lowest BCUT2D eigenvalue weighted by molar-refractivity contribution is 0.185. The molecule has 0 unspecified atom stereocenters. The van der Waals surface area contributed by atoms with Crippen molar-refractivity contribution in [3.05, 3.63) is 16.0 Å². The van der Waals surface area contributed by atoms with E-state index in [9.17, 15) is 4.79 Å². The summed E-state index contributed by atoms with van der Waals surface area (Å²) < 4.78 is 0.766. The number of nitrogens with zero attached hydrogens (tertiary/aromatic N) is 2. The van der Waals surface area contributed by atoms with Crippen LogP contribution in [-0.2, 0) is 0 Å². The smallest absolute Gasteiger partial charge is 0.404 e. The van der Waals surface area contributed by atoms with Gasteiger partial charge >= 0.3 is 6.09 Å². The Morgan fingerprint density at radius 1 is 1.37 bits per heavy atom. The summed E-state index contributed by atoms with van der Waals surface area (Å²) in [6.07, 6.45) is 4.07. The van der Waals surface area contributed by atoms with Gasteiger partial charge in [0.2, 0.25) is 5.28 Å². The number of carbonyl (C=O) groups is 1. The first kappa shape index (κ1) is 14.3. The van der Waals surface area contributed by atoms with E-state index in [0.717, 1.165) is 30.2 Å². The summed E-state index contributed by atoms with van der Waals surface area (Å²) in [5.41, 5.74) is 0. The minimum atomic E-state index is -0.957. The van der Waals surface area contributed by atoms with Gasteiger partial charge in [-0.15, -0.1) is 0 Å².